The topological polar surface area (TPSA) is 74.0 Å². The van der Waals surface area contributed by atoms with Gasteiger partial charge in [-0.05, 0) is 131 Å². The zero-order valence-electron chi connectivity index (χ0n) is 44.4. The number of hydrogen-bond acceptors (Lipinski definition) is 6. The van der Waals surface area contributed by atoms with Crippen molar-refractivity contribution in [3.8, 4) is 33.6 Å². The van der Waals surface area contributed by atoms with Crippen LogP contribution in [-0.2, 0) is 20.4 Å². The summed E-state index contributed by atoms with van der Waals surface area (Å²) in [5.41, 5.74) is 15.7. The van der Waals surface area contributed by atoms with Crippen molar-refractivity contribution < 1.29 is 19.1 Å². The maximum absolute atomic E-state index is 13.1. The molecule has 1 fully saturated rings. The quantitative estimate of drug-likeness (QED) is 0.0313. The van der Waals surface area contributed by atoms with E-state index in [1.165, 1.54) is 159 Å². The van der Waals surface area contributed by atoms with Crippen LogP contribution in [0.5, 0.6) is 0 Å². The number of thioether (sulfide) groups is 1. The number of hydrogen-bond donors (Lipinski definition) is 1. The van der Waals surface area contributed by atoms with Gasteiger partial charge in [-0.15, -0.1) is 0 Å². The number of rotatable bonds is 27. The predicted molar refractivity (Wildman–Crippen MR) is 314 cm³/mol. The zero-order chi connectivity index (χ0) is 51.7. The standard InChI is InChI=1S/C66H76N2O4S2/c1-5-9-13-21-39-65(40-22-14-10-6-2)56-27-19-17-25-52(56)54-36-33-49(43-58(54)65)68(48-31-29-47(30-32-48)60-38-35-51(72-60)45-61-63(71)67(46-62(69)70)64(73)74-61)50-34-37-55-53-26-18-20-28-57(53)66(59(55)44-50,41-23-15-11-7-3)42-24-16-12-8-4/h17-20,25-38,43-45H,5-16,21-24,39-42,46H2,1-4H3,(H,69,70)/b61-45-. The summed E-state index contributed by atoms with van der Waals surface area (Å²) in [5, 5.41) is 9.35. The van der Waals surface area contributed by atoms with E-state index in [9.17, 15) is 14.7 Å². The van der Waals surface area contributed by atoms with Gasteiger partial charge in [-0.1, -0.05) is 215 Å². The molecular weight excluding hydrogens is 949 g/mol. The van der Waals surface area contributed by atoms with Crippen LogP contribution in [0, 0.1) is 0 Å². The van der Waals surface area contributed by atoms with Crippen LogP contribution in [0.3, 0.4) is 0 Å². The molecule has 2 aliphatic carbocycles. The Morgan fingerprint density at radius 3 is 1.47 bits per heavy atom. The molecule has 0 radical (unpaired) electrons. The van der Waals surface area contributed by atoms with E-state index in [-0.39, 0.29) is 15.2 Å². The molecule has 1 amide bonds. The Bertz CT molecular complexity index is 2820. The molecule has 0 saturated carbocycles. The predicted octanol–water partition coefficient (Wildman–Crippen LogP) is 19.1. The molecule has 74 heavy (non-hydrogen) atoms. The fourth-order valence-corrected chi connectivity index (χ4v) is 13.9. The molecule has 6 nitrogen and oxygen atoms in total. The number of anilines is 3. The molecule has 2 heterocycles. The van der Waals surface area contributed by atoms with Crippen molar-refractivity contribution >= 4 is 63.3 Å². The van der Waals surface area contributed by atoms with Crippen molar-refractivity contribution in [2.75, 3.05) is 11.4 Å². The third-order valence-corrected chi connectivity index (χ3v) is 17.7. The first-order valence-corrected chi connectivity index (χ1v) is 29.3. The van der Waals surface area contributed by atoms with Crippen LogP contribution in [-0.4, -0.2) is 32.7 Å². The summed E-state index contributed by atoms with van der Waals surface area (Å²) in [6, 6.07) is 45.9. The first-order chi connectivity index (χ1) is 36.2. The van der Waals surface area contributed by atoms with Gasteiger partial charge in [0.1, 0.15) is 22.4 Å². The third kappa shape index (κ3) is 10.9. The Hall–Kier alpha value is -5.70. The van der Waals surface area contributed by atoms with Gasteiger partial charge in [0.15, 0.2) is 0 Å². The second-order valence-electron chi connectivity index (χ2n) is 21.2. The normalized spacial score (nSPS) is 15.4. The second kappa shape index (κ2) is 24.3. The summed E-state index contributed by atoms with van der Waals surface area (Å²) < 4.78 is 6.59. The van der Waals surface area contributed by atoms with Gasteiger partial charge in [-0.3, -0.25) is 14.5 Å². The van der Waals surface area contributed by atoms with Gasteiger partial charge in [-0.2, -0.15) is 0 Å². The van der Waals surface area contributed by atoms with Crippen molar-refractivity contribution in [2.45, 2.75) is 167 Å². The molecule has 0 bridgehead atoms. The molecule has 0 spiro atoms. The van der Waals surface area contributed by atoms with Gasteiger partial charge in [0.2, 0.25) is 0 Å². The summed E-state index contributed by atoms with van der Waals surface area (Å²) in [5.74, 6) is -0.361. The number of fused-ring (bicyclic) bond motifs is 6. The maximum Gasteiger partial charge on any atom is 0.323 e. The largest absolute Gasteiger partial charge is 0.480 e. The number of thiocarbonyl (C=S) groups is 1. The van der Waals surface area contributed by atoms with Crippen LogP contribution in [0.4, 0.5) is 17.1 Å². The molecule has 1 saturated heterocycles. The Kier molecular flexibility index (Phi) is 17.5. The van der Waals surface area contributed by atoms with Gasteiger partial charge < -0.3 is 14.4 Å². The van der Waals surface area contributed by atoms with E-state index in [0.29, 0.717) is 16.4 Å². The highest BCUT2D eigenvalue weighted by atomic mass is 32.2. The van der Waals surface area contributed by atoms with E-state index in [4.69, 9.17) is 16.6 Å². The molecule has 1 aliphatic heterocycles. The first kappa shape index (κ1) is 53.1. The fraction of sp³-hybridized carbons (Fsp3) is 0.409. The van der Waals surface area contributed by atoms with Crippen molar-refractivity contribution in [3.05, 3.63) is 154 Å². The van der Waals surface area contributed by atoms with Crippen molar-refractivity contribution in [2.24, 2.45) is 0 Å². The fourth-order valence-electron chi connectivity index (χ4n) is 12.6. The van der Waals surface area contributed by atoms with Crippen LogP contribution < -0.4 is 4.90 Å². The van der Waals surface area contributed by atoms with E-state index in [0.717, 1.165) is 53.6 Å². The van der Waals surface area contributed by atoms with Crippen molar-refractivity contribution in [1.82, 2.24) is 4.90 Å². The number of carbonyl (C=O) groups is 2. The first-order valence-electron chi connectivity index (χ1n) is 28.1. The third-order valence-electron chi connectivity index (χ3n) is 16.3. The minimum atomic E-state index is -1.11. The zero-order valence-corrected chi connectivity index (χ0v) is 46.0. The van der Waals surface area contributed by atoms with E-state index in [1.807, 2.05) is 12.1 Å². The van der Waals surface area contributed by atoms with Crippen molar-refractivity contribution in [1.29, 1.82) is 0 Å². The van der Waals surface area contributed by atoms with Gasteiger partial charge in [0.05, 0.1) is 4.91 Å². The maximum atomic E-state index is 13.1. The summed E-state index contributed by atoms with van der Waals surface area (Å²) in [6.45, 7) is 8.79. The lowest BCUT2D eigenvalue weighted by Crippen LogP contribution is -2.33. The van der Waals surface area contributed by atoms with E-state index in [1.54, 1.807) is 6.08 Å². The molecule has 0 unspecified atom stereocenters. The smallest absolute Gasteiger partial charge is 0.323 e. The number of nitrogens with zero attached hydrogens (tertiary/aromatic N) is 2. The van der Waals surface area contributed by atoms with E-state index >= 15 is 0 Å². The van der Waals surface area contributed by atoms with Gasteiger partial charge >= 0.3 is 5.97 Å². The van der Waals surface area contributed by atoms with E-state index in [2.05, 4.69) is 142 Å². The molecule has 9 rings (SSSR count). The van der Waals surface area contributed by atoms with Crippen LogP contribution >= 0.6 is 24.0 Å². The summed E-state index contributed by atoms with van der Waals surface area (Å²) in [7, 11) is 0. The average molecular weight is 1030 g/mol. The Morgan fingerprint density at radius 1 is 0.568 bits per heavy atom. The van der Waals surface area contributed by atoms with Crippen LogP contribution in [0.1, 0.15) is 184 Å². The van der Waals surface area contributed by atoms with Crippen LogP contribution in [0.15, 0.2) is 131 Å². The molecule has 5 aromatic carbocycles. The molecule has 8 heteroatoms. The molecule has 6 aromatic rings. The summed E-state index contributed by atoms with van der Waals surface area (Å²) >= 11 is 6.44. The van der Waals surface area contributed by atoms with Crippen molar-refractivity contribution in [3.63, 3.8) is 0 Å². The summed E-state index contributed by atoms with van der Waals surface area (Å²) in [6.07, 6.45) is 26.1. The molecule has 386 valence electrons. The average Bonchev–Trinajstić information content (AvgIpc) is 4.14. The number of furan rings is 1. The lowest BCUT2D eigenvalue weighted by Gasteiger charge is -2.35. The number of benzene rings is 5. The van der Waals surface area contributed by atoms with Crippen LogP contribution in [0.25, 0.3) is 39.7 Å². The molecule has 1 aromatic heterocycles. The number of carboxylic acids is 1. The lowest BCUT2D eigenvalue weighted by molar-refractivity contribution is -0.140. The monoisotopic (exact) mass is 1020 g/mol. The highest BCUT2D eigenvalue weighted by Crippen LogP contribution is 2.58. The second-order valence-corrected chi connectivity index (χ2v) is 22.9. The number of aliphatic carboxylic acids is 1. The lowest BCUT2D eigenvalue weighted by atomic mass is 9.70. The molecule has 1 N–H and O–H groups in total. The Morgan fingerprint density at radius 2 is 1.01 bits per heavy atom. The van der Waals surface area contributed by atoms with Crippen LogP contribution in [0.2, 0.25) is 0 Å². The highest BCUT2D eigenvalue weighted by molar-refractivity contribution is 8.26. The number of unbranched alkanes of at least 4 members (excludes halogenated alkanes) is 12. The van der Waals surface area contributed by atoms with Gasteiger partial charge in [-0.25, -0.2) is 0 Å². The molecular formula is C66H76N2O4S2. The SMILES string of the molecule is CCCCCCC1(CCCCCC)c2ccccc2-c2ccc(N(c3ccc(-c4ccc(/C=C5\SC(=S)N(CC(=O)O)C5=O)o4)cc3)c3ccc4c(c3)C(CCCCCC)(CCCCCC)c3ccccc3-4)cc21. The minimum Gasteiger partial charge on any atom is -0.480 e. The molecule has 0 atom stereocenters. The van der Waals surface area contributed by atoms with Gasteiger partial charge in [0, 0.05) is 39.5 Å². The number of carboxylic acid groups (broad SMARTS) is 1. The summed E-state index contributed by atoms with van der Waals surface area (Å²) in [4.78, 5) is 28.5. The molecule has 3 aliphatic rings. The van der Waals surface area contributed by atoms with E-state index < -0.39 is 18.4 Å². The van der Waals surface area contributed by atoms with Gasteiger partial charge in [0.25, 0.3) is 5.91 Å². The number of amides is 1. The minimum absolute atomic E-state index is 0.0575. The number of carbonyl (C=O) groups excluding carboxylic acids is 1. The Balaban J connectivity index is 1.16. The Labute approximate surface area is 451 Å². The highest BCUT2D eigenvalue weighted by Gasteiger charge is 2.44.